The Morgan fingerprint density at radius 3 is 2.52 bits per heavy atom. The van der Waals surface area contributed by atoms with Crippen molar-refractivity contribution in [3.05, 3.63) is 53.2 Å². The molecule has 0 atom stereocenters. The largest absolute Gasteiger partial charge is 0.380 e. The van der Waals surface area contributed by atoms with E-state index >= 15 is 0 Å². The Bertz CT molecular complexity index is 741. The Kier molecular flexibility index (Phi) is 6.81. The fourth-order valence-corrected chi connectivity index (χ4v) is 2.45. The highest BCUT2D eigenvalue weighted by molar-refractivity contribution is 5.83. The van der Waals surface area contributed by atoms with E-state index in [0.29, 0.717) is 28.8 Å². The van der Waals surface area contributed by atoms with Crippen LogP contribution in [0.4, 0.5) is 4.39 Å². The van der Waals surface area contributed by atoms with E-state index in [1.165, 1.54) is 18.9 Å². The summed E-state index contributed by atoms with van der Waals surface area (Å²) < 4.78 is 14.3. The van der Waals surface area contributed by atoms with Crippen molar-refractivity contribution in [2.45, 2.75) is 33.1 Å². The van der Waals surface area contributed by atoms with Gasteiger partial charge in [-0.15, -0.1) is 0 Å². The number of nitrogens with zero attached hydrogens (tertiary/aromatic N) is 3. The first-order valence-electron chi connectivity index (χ1n) is 8.51. The highest BCUT2D eigenvalue weighted by Gasteiger charge is 2.12. The van der Waals surface area contributed by atoms with Crippen LogP contribution >= 0.6 is 0 Å². The van der Waals surface area contributed by atoms with E-state index in [4.69, 9.17) is 0 Å². The Labute approximate surface area is 148 Å². The van der Waals surface area contributed by atoms with Crippen molar-refractivity contribution < 1.29 is 9.18 Å². The number of rotatable bonds is 8. The van der Waals surface area contributed by atoms with Gasteiger partial charge in [0, 0.05) is 31.5 Å². The van der Waals surface area contributed by atoms with Gasteiger partial charge in [0.1, 0.15) is 5.82 Å². The molecule has 0 fully saturated rings. The van der Waals surface area contributed by atoms with Crippen LogP contribution in [0.15, 0.2) is 30.7 Å². The number of hydrogen-bond acceptors (Lipinski definition) is 4. The topological polar surface area (TPSA) is 46.1 Å². The van der Waals surface area contributed by atoms with E-state index < -0.39 is 5.82 Å². The van der Waals surface area contributed by atoms with Gasteiger partial charge in [-0.05, 0) is 48.9 Å². The summed E-state index contributed by atoms with van der Waals surface area (Å²) in [6, 6.07) is 2.86. The summed E-state index contributed by atoms with van der Waals surface area (Å²) in [4.78, 5) is 21.7. The first kappa shape index (κ1) is 18.8. The van der Waals surface area contributed by atoms with Crippen molar-refractivity contribution in [2.24, 2.45) is 0 Å². The van der Waals surface area contributed by atoms with Gasteiger partial charge in [-0.25, -0.2) is 14.4 Å². The van der Waals surface area contributed by atoms with Crippen LogP contribution in [0.25, 0.3) is 17.5 Å². The molecule has 0 saturated heterocycles. The second-order valence-electron chi connectivity index (χ2n) is 6.17. The minimum atomic E-state index is -0.501. The lowest BCUT2D eigenvalue weighted by molar-refractivity contribution is 0.112. The molecule has 0 radical (unpaired) electrons. The molecule has 0 unspecified atom stereocenters. The molecule has 4 nitrogen and oxygen atoms in total. The van der Waals surface area contributed by atoms with Crippen LogP contribution in [0.5, 0.6) is 0 Å². The van der Waals surface area contributed by atoms with E-state index in [0.717, 1.165) is 18.5 Å². The van der Waals surface area contributed by atoms with Crippen molar-refractivity contribution in [1.82, 2.24) is 14.9 Å². The molecular weight excluding hydrogens is 317 g/mol. The van der Waals surface area contributed by atoms with Gasteiger partial charge < -0.3 is 4.90 Å². The molecule has 0 aliphatic heterocycles. The first-order chi connectivity index (χ1) is 12.0. The number of aryl methyl sites for hydroxylation is 1. The normalized spacial score (nSPS) is 11.0. The van der Waals surface area contributed by atoms with Gasteiger partial charge in [0.15, 0.2) is 12.1 Å². The van der Waals surface area contributed by atoms with Crippen LogP contribution in [-0.2, 0) is 0 Å². The molecule has 1 heterocycles. The molecule has 2 rings (SSSR count). The van der Waals surface area contributed by atoms with Gasteiger partial charge in [-0.2, -0.15) is 0 Å². The zero-order valence-corrected chi connectivity index (χ0v) is 15.0. The standard InChI is InChI=1S/C20H24FN3O/c1-4-5-6-8-24(3)9-7-16-10-18(19(21)11-17(16)14-25)20-22-12-15(2)13-23-20/h7,9-14H,4-6,8H2,1-3H3/b9-7-. The van der Waals surface area contributed by atoms with E-state index in [1.807, 2.05) is 26.2 Å². The molecule has 1 aromatic carbocycles. The minimum Gasteiger partial charge on any atom is -0.380 e. The maximum atomic E-state index is 14.3. The predicted octanol–water partition coefficient (Wildman–Crippen LogP) is 4.50. The Balaban J connectivity index is 2.29. The molecule has 0 spiro atoms. The summed E-state index contributed by atoms with van der Waals surface area (Å²) in [5.41, 5.74) is 2.16. The molecular formula is C20H24FN3O. The van der Waals surface area contributed by atoms with Gasteiger partial charge >= 0.3 is 0 Å². The summed E-state index contributed by atoms with van der Waals surface area (Å²) in [7, 11) is 1.99. The fraction of sp³-hybridized carbons (Fsp3) is 0.350. The molecule has 0 saturated carbocycles. The number of carbonyl (C=O) groups excluding carboxylic acids is 1. The summed E-state index contributed by atoms with van der Waals surface area (Å²) in [6.07, 6.45) is 11.2. The Morgan fingerprint density at radius 1 is 1.16 bits per heavy atom. The number of benzene rings is 1. The highest BCUT2D eigenvalue weighted by Crippen LogP contribution is 2.24. The molecule has 0 aliphatic rings. The SMILES string of the molecule is CCCCCN(C)/C=C\c1cc(-c2ncc(C)cn2)c(F)cc1C=O. The van der Waals surface area contributed by atoms with Crippen LogP contribution in [0.3, 0.4) is 0 Å². The third-order valence-corrected chi connectivity index (χ3v) is 3.94. The third-order valence-electron chi connectivity index (χ3n) is 3.94. The van der Waals surface area contributed by atoms with E-state index in [1.54, 1.807) is 18.5 Å². The second-order valence-corrected chi connectivity index (χ2v) is 6.17. The van der Waals surface area contributed by atoms with Gasteiger partial charge in [0.05, 0.1) is 5.56 Å². The molecule has 1 aromatic heterocycles. The summed E-state index contributed by atoms with van der Waals surface area (Å²) in [5.74, 6) is -0.189. The average Bonchev–Trinajstić information content (AvgIpc) is 2.61. The molecule has 25 heavy (non-hydrogen) atoms. The van der Waals surface area contributed by atoms with Crippen LogP contribution in [0.2, 0.25) is 0 Å². The van der Waals surface area contributed by atoms with Gasteiger partial charge in [-0.3, -0.25) is 4.79 Å². The van der Waals surface area contributed by atoms with Crippen molar-refractivity contribution in [3.8, 4) is 11.4 Å². The summed E-state index contributed by atoms with van der Waals surface area (Å²) in [5, 5.41) is 0. The molecule has 0 N–H and O–H groups in total. The van der Waals surface area contributed by atoms with Crippen LogP contribution in [0, 0.1) is 12.7 Å². The highest BCUT2D eigenvalue weighted by atomic mass is 19.1. The first-order valence-corrected chi connectivity index (χ1v) is 8.51. The van der Waals surface area contributed by atoms with Crippen LogP contribution in [-0.4, -0.2) is 34.7 Å². The molecule has 2 aromatic rings. The molecule has 132 valence electrons. The predicted molar refractivity (Wildman–Crippen MR) is 98.7 cm³/mol. The Hall–Kier alpha value is -2.56. The Morgan fingerprint density at radius 2 is 1.88 bits per heavy atom. The summed E-state index contributed by atoms with van der Waals surface area (Å²) >= 11 is 0. The van der Waals surface area contributed by atoms with Crippen LogP contribution < -0.4 is 0 Å². The maximum absolute atomic E-state index is 14.3. The number of carbonyl (C=O) groups is 1. The molecule has 0 bridgehead atoms. The zero-order chi connectivity index (χ0) is 18.2. The van der Waals surface area contributed by atoms with E-state index in [2.05, 4.69) is 21.8 Å². The number of aldehydes is 1. The lowest BCUT2D eigenvalue weighted by Crippen LogP contribution is -2.11. The van der Waals surface area contributed by atoms with Gasteiger partial charge in [0.2, 0.25) is 0 Å². The van der Waals surface area contributed by atoms with E-state index in [9.17, 15) is 9.18 Å². The molecule has 5 heteroatoms. The second kappa shape index (κ2) is 9.06. The average molecular weight is 341 g/mol. The number of halogens is 1. The number of hydrogen-bond donors (Lipinski definition) is 0. The fourth-order valence-electron chi connectivity index (χ4n) is 2.45. The quantitative estimate of drug-likeness (QED) is 0.524. The molecule has 0 aliphatic carbocycles. The van der Waals surface area contributed by atoms with Crippen molar-refractivity contribution in [1.29, 1.82) is 0 Å². The maximum Gasteiger partial charge on any atom is 0.162 e. The number of aromatic nitrogens is 2. The van der Waals surface area contributed by atoms with Crippen LogP contribution in [0.1, 0.15) is 47.7 Å². The van der Waals surface area contributed by atoms with Crippen molar-refractivity contribution >= 4 is 12.4 Å². The molecule has 0 amide bonds. The third kappa shape index (κ3) is 5.21. The van der Waals surface area contributed by atoms with Gasteiger partial charge in [0.25, 0.3) is 0 Å². The lowest BCUT2D eigenvalue weighted by atomic mass is 10.0. The van der Waals surface area contributed by atoms with Crippen molar-refractivity contribution in [2.75, 3.05) is 13.6 Å². The lowest BCUT2D eigenvalue weighted by Gasteiger charge is -2.13. The minimum absolute atomic E-state index is 0.291. The summed E-state index contributed by atoms with van der Waals surface area (Å²) in [6.45, 7) is 4.98. The number of unbranched alkanes of at least 4 members (excludes halogenated alkanes) is 2. The smallest absolute Gasteiger partial charge is 0.162 e. The zero-order valence-electron chi connectivity index (χ0n) is 15.0. The van der Waals surface area contributed by atoms with E-state index in [-0.39, 0.29) is 0 Å². The monoisotopic (exact) mass is 341 g/mol. The van der Waals surface area contributed by atoms with Gasteiger partial charge in [-0.1, -0.05) is 19.8 Å². The van der Waals surface area contributed by atoms with Crippen molar-refractivity contribution in [3.63, 3.8) is 0 Å².